The van der Waals surface area contributed by atoms with E-state index in [9.17, 15) is 4.79 Å². The molecule has 0 aromatic heterocycles. The molecule has 1 amide bonds. The number of carbonyl (C=O) groups is 1. The maximum Gasteiger partial charge on any atom is 0.251 e. The van der Waals surface area contributed by atoms with Crippen molar-refractivity contribution in [2.75, 3.05) is 44.4 Å². The topological polar surface area (TPSA) is 80.3 Å². The Morgan fingerprint density at radius 2 is 1.86 bits per heavy atom. The highest BCUT2D eigenvalue weighted by molar-refractivity contribution is 5.95. The molecule has 29 heavy (non-hydrogen) atoms. The lowest BCUT2D eigenvalue weighted by molar-refractivity contribution is -0.226. The van der Waals surface area contributed by atoms with Gasteiger partial charge in [0.1, 0.15) is 5.82 Å². The first-order valence-electron chi connectivity index (χ1n) is 10.1. The molecule has 2 aliphatic heterocycles. The summed E-state index contributed by atoms with van der Waals surface area (Å²) < 4.78 is 32.9. The second-order valence-corrected chi connectivity index (χ2v) is 8.66. The predicted octanol–water partition coefficient (Wildman–Crippen LogP) is 2.23. The summed E-state index contributed by atoms with van der Waals surface area (Å²) in [6.07, 6.45) is -0.858. The van der Waals surface area contributed by atoms with E-state index in [0.717, 1.165) is 0 Å². The van der Waals surface area contributed by atoms with Gasteiger partial charge in [-0.15, -0.1) is 0 Å². The Bertz CT molecular complexity index is 722. The van der Waals surface area contributed by atoms with Gasteiger partial charge >= 0.3 is 0 Å². The molecule has 7 nitrogen and oxygen atoms in total. The number of anilines is 1. The number of carbonyl (C=O) groups excluding carboxylic acids is 1. The normalized spacial score (nSPS) is 25.1. The lowest BCUT2D eigenvalue weighted by Gasteiger charge is -2.40. The van der Waals surface area contributed by atoms with Gasteiger partial charge in [0.15, 0.2) is 6.29 Å². The second-order valence-electron chi connectivity index (χ2n) is 8.66. The van der Waals surface area contributed by atoms with Gasteiger partial charge in [-0.3, -0.25) is 4.79 Å². The van der Waals surface area contributed by atoms with Crippen molar-refractivity contribution >= 4 is 11.6 Å². The third kappa shape index (κ3) is 5.25. The SMILES string of the molecule is C[C@@H]1CN(c2c(F)cc(C(=O)NCCO)cc2C2OCC(C)(C)CO2)C[C@@H](C)O1. The van der Waals surface area contributed by atoms with Gasteiger partial charge in [0.05, 0.1) is 37.7 Å². The molecule has 2 aliphatic rings. The van der Waals surface area contributed by atoms with E-state index in [1.165, 1.54) is 6.07 Å². The lowest BCUT2D eigenvalue weighted by Crippen LogP contribution is -2.46. The summed E-state index contributed by atoms with van der Waals surface area (Å²) in [7, 11) is 0. The molecule has 0 spiro atoms. The average molecular weight is 410 g/mol. The summed E-state index contributed by atoms with van der Waals surface area (Å²) in [5, 5.41) is 11.5. The molecule has 0 radical (unpaired) electrons. The van der Waals surface area contributed by atoms with E-state index in [0.29, 0.717) is 37.6 Å². The van der Waals surface area contributed by atoms with Crippen LogP contribution in [0.4, 0.5) is 10.1 Å². The summed E-state index contributed by atoms with van der Waals surface area (Å²) >= 11 is 0. The quantitative estimate of drug-likeness (QED) is 0.775. The molecule has 3 rings (SSSR count). The number of aliphatic hydroxyl groups excluding tert-OH is 1. The number of ether oxygens (including phenoxy) is 3. The van der Waals surface area contributed by atoms with E-state index in [1.54, 1.807) is 6.07 Å². The molecular weight excluding hydrogens is 379 g/mol. The predicted molar refractivity (Wildman–Crippen MR) is 106 cm³/mol. The van der Waals surface area contributed by atoms with Crippen molar-refractivity contribution in [1.29, 1.82) is 0 Å². The fourth-order valence-electron chi connectivity index (χ4n) is 3.77. The number of morpholine rings is 1. The van der Waals surface area contributed by atoms with Crippen LogP contribution in [0.5, 0.6) is 0 Å². The Balaban J connectivity index is 1.98. The van der Waals surface area contributed by atoms with Crippen LogP contribution in [-0.2, 0) is 14.2 Å². The van der Waals surface area contributed by atoms with Gasteiger partial charge in [-0.25, -0.2) is 4.39 Å². The van der Waals surface area contributed by atoms with Crippen LogP contribution in [-0.4, -0.2) is 62.7 Å². The van der Waals surface area contributed by atoms with Gasteiger partial charge in [-0.05, 0) is 26.0 Å². The van der Waals surface area contributed by atoms with E-state index in [-0.39, 0.29) is 36.3 Å². The molecule has 1 aromatic rings. The summed E-state index contributed by atoms with van der Waals surface area (Å²) in [4.78, 5) is 14.3. The molecule has 2 saturated heterocycles. The zero-order chi connectivity index (χ0) is 21.2. The Morgan fingerprint density at radius 1 is 1.24 bits per heavy atom. The zero-order valence-electron chi connectivity index (χ0n) is 17.5. The van der Waals surface area contributed by atoms with Crippen LogP contribution >= 0.6 is 0 Å². The minimum Gasteiger partial charge on any atom is -0.395 e. The number of benzene rings is 1. The highest BCUT2D eigenvalue weighted by Gasteiger charge is 2.34. The maximum absolute atomic E-state index is 15.3. The van der Waals surface area contributed by atoms with E-state index in [4.69, 9.17) is 19.3 Å². The van der Waals surface area contributed by atoms with Gasteiger partial charge < -0.3 is 29.5 Å². The van der Waals surface area contributed by atoms with Crippen molar-refractivity contribution in [3.63, 3.8) is 0 Å². The molecule has 8 heteroatoms. The van der Waals surface area contributed by atoms with Crippen LogP contribution in [0, 0.1) is 11.2 Å². The molecule has 1 aromatic carbocycles. The fraction of sp³-hybridized carbons (Fsp3) is 0.667. The highest BCUT2D eigenvalue weighted by atomic mass is 19.1. The first-order valence-corrected chi connectivity index (χ1v) is 10.1. The molecule has 0 aliphatic carbocycles. The Kier molecular flexibility index (Phi) is 6.78. The molecule has 0 bridgehead atoms. The summed E-state index contributed by atoms with van der Waals surface area (Å²) in [5.41, 5.74) is 0.917. The molecule has 2 atom stereocenters. The number of amides is 1. The van der Waals surface area contributed by atoms with Crippen molar-refractivity contribution < 1.29 is 28.5 Å². The average Bonchev–Trinajstić information content (AvgIpc) is 2.64. The Morgan fingerprint density at radius 3 is 2.45 bits per heavy atom. The van der Waals surface area contributed by atoms with E-state index in [1.807, 2.05) is 32.6 Å². The fourth-order valence-corrected chi connectivity index (χ4v) is 3.77. The van der Waals surface area contributed by atoms with Crippen molar-refractivity contribution in [3.8, 4) is 0 Å². The van der Waals surface area contributed by atoms with Crippen LogP contribution in [0.2, 0.25) is 0 Å². The van der Waals surface area contributed by atoms with E-state index in [2.05, 4.69) is 5.32 Å². The molecule has 2 heterocycles. The smallest absolute Gasteiger partial charge is 0.251 e. The number of nitrogens with one attached hydrogen (secondary N) is 1. The number of hydrogen-bond acceptors (Lipinski definition) is 6. The second kappa shape index (κ2) is 8.95. The minimum atomic E-state index is -0.758. The number of nitrogens with zero attached hydrogens (tertiary/aromatic N) is 1. The molecule has 0 unspecified atom stereocenters. The first kappa shape index (κ1) is 22.0. The van der Waals surface area contributed by atoms with Crippen molar-refractivity contribution in [2.45, 2.75) is 46.2 Å². The lowest BCUT2D eigenvalue weighted by atomic mass is 9.95. The van der Waals surface area contributed by atoms with Crippen LogP contribution < -0.4 is 10.2 Å². The van der Waals surface area contributed by atoms with Gasteiger partial charge in [0, 0.05) is 36.2 Å². The monoisotopic (exact) mass is 410 g/mol. The van der Waals surface area contributed by atoms with Crippen molar-refractivity contribution in [2.24, 2.45) is 5.41 Å². The van der Waals surface area contributed by atoms with E-state index >= 15 is 4.39 Å². The van der Waals surface area contributed by atoms with Crippen LogP contribution in [0.1, 0.15) is 49.9 Å². The number of hydrogen-bond donors (Lipinski definition) is 2. The highest BCUT2D eigenvalue weighted by Crippen LogP contribution is 2.38. The zero-order valence-corrected chi connectivity index (χ0v) is 17.5. The molecule has 2 fully saturated rings. The third-order valence-corrected chi connectivity index (χ3v) is 4.99. The van der Waals surface area contributed by atoms with E-state index < -0.39 is 18.0 Å². The van der Waals surface area contributed by atoms with Crippen LogP contribution in [0.3, 0.4) is 0 Å². The Labute approximate surface area is 171 Å². The van der Waals surface area contributed by atoms with Gasteiger partial charge in [0.25, 0.3) is 5.91 Å². The van der Waals surface area contributed by atoms with Crippen LogP contribution in [0.15, 0.2) is 12.1 Å². The van der Waals surface area contributed by atoms with Crippen molar-refractivity contribution in [1.82, 2.24) is 5.32 Å². The number of aliphatic hydroxyl groups is 1. The molecule has 2 N–H and O–H groups in total. The standard InChI is InChI=1S/C21H31FN2O5/c1-13-9-24(10-14(2)29-13)18-16(20-27-11-21(3,4)12-28-20)7-15(8-17(18)22)19(26)23-5-6-25/h7-8,13-14,20,25H,5-6,9-12H2,1-4H3,(H,23,26)/t13-,14-/m1/s1. The number of halogens is 1. The Hall–Kier alpha value is -1.74. The summed E-state index contributed by atoms with van der Waals surface area (Å²) in [6, 6.07) is 2.85. The van der Waals surface area contributed by atoms with Gasteiger partial charge in [-0.1, -0.05) is 13.8 Å². The van der Waals surface area contributed by atoms with Crippen LogP contribution in [0.25, 0.3) is 0 Å². The molecule has 0 saturated carbocycles. The molecule has 162 valence electrons. The minimum absolute atomic E-state index is 0.0503. The molecular formula is C21H31FN2O5. The summed E-state index contributed by atoms with van der Waals surface area (Å²) in [6.45, 7) is 9.88. The maximum atomic E-state index is 15.3. The number of rotatable bonds is 5. The van der Waals surface area contributed by atoms with Gasteiger partial charge in [0.2, 0.25) is 0 Å². The first-order chi connectivity index (χ1) is 13.7. The van der Waals surface area contributed by atoms with Crippen molar-refractivity contribution in [3.05, 3.63) is 29.1 Å². The summed E-state index contributed by atoms with van der Waals surface area (Å²) in [5.74, 6) is -0.958. The largest absolute Gasteiger partial charge is 0.395 e. The van der Waals surface area contributed by atoms with Gasteiger partial charge in [-0.2, -0.15) is 0 Å². The third-order valence-electron chi connectivity index (χ3n) is 4.99.